The van der Waals surface area contributed by atoms with Gasteiger partial charge in [0.25, 0.3) is 0 Å². The average Bonchev–Trinajstić information content (AvgIpc) is 2.40. The highest BCUT2D eigenvalue weighted by Crippen LogP contribution is 2.29. The second-order valence-corrected chi connectivity index (χ2v) is 5.26. The number of hydrogen-bond acceptors (Lipinski definition) is 3. The Labute approximate surface area is 121 Å². The number of rotatable bonds is 5. The highest BCUT2D eigenvalue weighted by atomic mass is 16.5. The van der Waals surface area contributed by atoms with Gasteiger partial charge < -0.3 is 15.0 Å². The predicted molar refractivity (Wildman–Crippen MR) is 84.7 cm³/mol. The van der Waals surface area contributed by atoms with E-state index in [-0.39, 0.29) is 7.43 Å². The quantitative estimate of drug-likeness (QED) is 0.832. The molecule has 19 heavy (non-hydrogen) atoms. The number of ether oxygens (including phenoxy) is 1. The Morgan fingerprint density at radius 3 is 2.21 bits per heavy atom. The minimum atomic E-state index is 0. The van der Waals surface area contributed by atoms with Crippen molar-refractivity contribution in [1.82, 2.24) is 10.2 Å². The summed E-state index contributed by atoms with van der Waals surface area (Å²) in [5, 5.41) is 3.44. The number of methoxy groups -OCH3 is 1. The fourth-order valence-corrected chi connectivity index (χ4v) is 2.96. The minimum absolute atomic E-state index is 0. The first-order valence-electron chi connectivity index (χ1n) is 7.81. The van der Waals surface area contributed by atoms with Crippen LogP contribution in [0, 0.1) is 5.92 Å². The number of piperidine rings is 1. The summed E-state index contributed by atoms with van der Waals surface area (Å²) in [6.07, 6.45) is 5.74. The molecule has 0 aromatic heterocycles. The van der Waals surface area contributed by atoms with Gasteiger partial charge in [0.2, 0.25) is 0 Å². The molecule has 2 aliphatic rings. The molecule has 1 aliphatic carbocycles. The summed E-state index contributed by atoms with van der Waals surface area (Å²) in [4.78, 5) is 2.67. The van der Waals surface area contributed by atoms with Gasteiger partial charge in [0.1, 0.15) is 0 Å². The van der Waals surface area contributed by atoms with Gasteiger partial charge in [0.05, 0.1) is 6.10 Å². The fourth-order valence-electron chi connectivity index (χ4n) is 2.96. The van der Waals surface area contributed by atoms with Gasteiger partial charge in [-0.1, -0.05) is 28.2 Å². The summed E-state index contributed by atoms with van der Waals surface area (Å²) in [6.45, 7) is 11.2. The van der Waals surface area contributed by atoms with Crippen LogP contribution in [0.25, 0.3) is 0 Å². The molecule has 3 nitrogen and oxygen atoms in total. The second kappa shape index (κ2) is 10.6. The van der Waals surface area contributed by atoms with Crippen molar-refractivity contribution in [2.75, 3.05) is 33.3 Å². The second-order valence-electron chi connectivity index (χ2n) is 5.26. The molecule has 2 fully saturated rings. The average molecular weight is 272 g/mol. The Hall–Kier alpha value is -0.120. The fraction of sp³-hybridized carbons (Fsp3) is 1.00. The molecule has 0 aromatic carbocycles. The molecule has 1 N–H and O–H groups in total. The smallest absolute Gasteiger partial charge is 0.0601 e. The van der Waals surface area contributed by atoms with E-state index in [2.05, 4.69) is 17.1 Å². The molecule has 0 atom stereocenters. The maximum atomic E-state index is 5.36. The zero-order chi connectivity index (χ0) is 13.4. The van der Waals surface area contributed by atoms with Gasteiger partial charge in [0.15, 0.2) is 0 Å². The topological polar surface area (TPSA) is 24.5 Å². The van der Waals surface area contributed by atoms with Crippen LogP contribution in [0.4, 0.5) is 0 Å². The van der Waals surface area contributed by atoms with Crippen LogP contribution in [0.15, 0.2) is 0 Å². The number of nitrogens with zero attached hydrogens (tertiary/aromatic N) is 1. The maximum absolute atomic E-state index is 5.36. The standard InChI is InChI=1S/C13H26N2O.C2H6.CH4/c1-3-15(12-8-13(9-12)16-2)10-11-4-6-14-7-5-11;1-2;/h11-14H,3-10H2,1-2H3;1-2H3;1H4. The van der Waals surface area contributed by atoms with Crippen LogP contribution >= 0.6 is 0 Å². The molecule has 0 radical (unpaired) electrons. The lowest BCUT2D eigenvalue weighted by molar-refractivity contribution is -0.0308. The van der Waals surface area contributed by atoms with Gasteiger partial charge in [-0.2, -0.15) is 0 Å². The Balaban J connectivity index is 0.00000103. The molecule has 0 bridgehead atoms. The zero-order valence-electron chi connectivity index (χ0n) is 12.7. The van der Waals surface area contributed by atoms with Gasteiger partial charge in [-0.3, -0.25) is 0 Å². The van der Waals surface area contributed by atoms with E-state index in [1.807, 2.05) is 21.0 Å². The normalized spacial score (nSPS) is 27.0. The molecule has 0 amide bonds. The van der Waals surface area contributed by atoms with E-state index in [1.165, 1.54) is 51.9 Å². The number of nitrogens with one attached hydrogen (secondary N) is 1. The van der Waals surface area contributed by atoms with Crippen molar-refractivity contribution in [3.8, 4) is 0 Å². The van der Waals surface area contributed by atoms with Crippen LogP contribution in [0.1, 0.15) is 53.9 Å². The first kappa shape index (κ1) is 18.9. The highest BCUT2D eigenvalue weighted by Gasteiger charge is 2.33. The van der Waals surface area contributed by atoms with Crippen molar-refractivity contribution in [2.45, 2.75) is 66.0 Å². The molecule has 1 saturated heterocycles. The lowest BCUT2D eigenvalue weighted by atomic mass is 9.86. The van der Waals surface area contributed by atoms with Crippen molar-refractivity contribution in [3.05, 3.63) is 0 Å². The summed E-state index contributed by atoms with van der Waals surface area (Å²) in [6, 6.07) is 0.796. The summed E-state index contributed by atoms with van der Waals surface area (Å²) in [5.41, 5.74) is 0. The van der Waals surface area contributed by atoms with Crippen LogP contribution in [-0.4, -0.2) is 50.3 Å². The molecular weight excluding hydrogens is 236 g/mol. The van der Waals surface area contributed by atoms with E-state index in [1.54, 1.807) is 0 Å². The summed E-state index contributed by atoms with van der Waals surface area (Å²) < 4.78 is 5.36. The predicted octanol–water partition coefficient (Wildman–Crippen LogP) is 3.15. The van der Waals surface area contributed by atoms with E-state index >= 15 is 0 Å². The van der Waals surface area contributed by atoms with Crippen molar-refractivity contribution >= 4 is 0 Å². The molecule has 116 valence electrons. The van der Waals surface area contributed by atoms with Gasteiger partial charge in [0, 0.05) is 19.7 Å². The van der Waals surface area contributed by atoms with E-state index < -0.39 is 0 Å². The first-order chi connectivity index (χ1) is 8.83. The van der Waals surface area contributed by atoms with Crippen LogP contribution in [-0.2, 0) is 4.74 Å². The van der Waals surface area contributed by atoms with Gasteiger partial charge in [-0.15, -0.1) is 0 Å². The molecule has 0 spiro atoms. The SMILES string of the molecule is C.CC.CCN(CC1CCNCC1)C1CC(OC)C1. The Morgan fingerprint density at radius 1 is 1.16 bits per heavy atom. The lowest BCUT2D eigenvalue weighted by Gasteiger charge is -2.43. The van der Waals surface area contributed by atoms with Crippen molar-refractivity contribution < 1.29 is 4.74 Å². The Kier molecular flexibility index (Phi) is 10.6. The minimum Gasteiger partial charge on any atom is -0.381 e. The molecule has 1 aliphatic heterocycles. The highest BCUT2D eigenvalue weighted by molar-refractivity contribution is 4.88. The summed E-state index contributed by atoms with van der Waals surface area (Å²) in [7, 11) is 1.84. The molecule has 3 heteroatoms. The van der Waals surface area contributed by atoms with Crippen LogP contribution in [0.5, 0.6) is 0 Å². The molecule has 2 rings (SSSR count). The van der Waals surface area contributed by atoms with Gasteiger partial charge >= 0.3 is 0 Å². The molecule has 1 heterocycles. The molecular formula is C16H36N2O. The van der Waals surface area contributed by atoms with Crippen molar-refractivity contribution in [2.24, 2.45) is 5.92 Å². The number of hydrogen-bond donors (Lipinski definition) is 1. The Bertz CT molecular complexity index is 199. The summed E-state index contributed by atoms with van der Waals surface area (Å²) >= 11 is 0. The maximum Gasteiger partial charge on any atom is 0.0601 e. The van der Waals surface area contributed by atoms with E-state index in [9.17, 15) is 0 Å². The van der Waals surface area contributed by atoms with E-state index in [0.717, 1.165) is 12.0 Å². The third-order valence-corrected chi connectivity index (χ3v) is 4.28. The van der Waals surface area contributed by atoms with Gasteiger partial charge in [-0.05, 0) is 51.2 Å². The largest absolute Gasteiger partial charge is 0.381 e. The van der Waals surface area contributed by atoms with Gasteiger partial charge in [-0.25, -0.2) is 0 Å². The molecule has 0 aromatic rings. The third-order valence-electron chi connectivity index (χ3n) is 4.28. The zero-order valence-corrected chi connectivity index (χ0v) is 12.7. The van der Waals surface area contributed by atoms with Crippen molar-refractivity contribution in [3.63, 3.8) is 0 Å². The summed E-state index contributed by atoms with van der Waals surface area (Å²) in [5.74, 6) is 0.919. The molecule has 1 saturated carbocycles. The molecule has 0 unspecified atom stereocenters. The van der Waals surface area contributed by atoms with Crippen LogP contribution in [0.3, 0.4) is 0 Å². The lowest BCUT2D eigenvalue weighted by Crippen LogP contribution is -2.50. The van der Waals surface area contributed by atoms with Crippen molar-refractivity contribution in [1.29, 1.82) is 0 Å². The Morgan fingerprint density at radius 2 is 1.74 bits per heavy atom. The third kappa shape index (κ3) is 5.80. The monoisotopic (exact) mass is 272 g/mol. The van der Waals surface area contributed by atoms with Crippen LogP contribution < -0.4 is 5.32 Å². The first-order valence-corrected chi connectivity index (χ1v) is 7.81. The van der Waals surface area contributed by atoms with Crippen LogP contribution in [0.2, 0.25) is 0 Å². The van der Waals surface area contributed by atoms with E-state index in [0.29, 0.717) is 6.10 Å². The van der Waals surface area contributed by atoms with E-state index in [4.69, 9.17) is 4.74 Å².